The van der Waals surface area contributed by atoms with Gasteiger partial charge in [-0.1, -0.05) is 0 Å². The Hall–Kier alpha value is 0.956. The molecule has 27 heteroatoms. The Bertz CT molecular complexity index is 2510. The summed E-state index contributed by atoms with van der Waals surface area (Å²) in [7, 11) is 0. The molecule has 758 valence electrons. The fourth-order valence-electron chi connectivity index (χ4n) is 14.8. The first-order chi connectivity index (χ1) is 60.5. The van der Waals surface area contributed by atoms with E-state index in [4.69, 9.17) is 49.9 Å². The van der Waals surface area contributed by atoms with Crippen molar-refractivity contribution in [2.45, 2.75) is 539 Å². The predicted molar refractivity (Wildman–Crippen MR) is 574 cm³/mol. The molecular formula is C101H198O16S8Sn3. The van der Waals surface area contributed by atoms with E-state index in [0.717, 1.165) is 234 Å². The molecular weight excluding hydrogens is 2080 g/mol. The summed E-state index contributed by atoms with van der Waals surface area (Å²) in [6.07, 6.45) is 53.6. The Labute approximate surface area is 847 Å². The van der Waals surface area contributed by atoms with Gasteiger partial charge < -0.3 is 0 Å². The fourth-order valence-corrected chi connectivity index (χ4v) is 40.3. The van der Waals surface area contributed by atoms with E-state index in [1.807, 2.05) is 6.92 Å². The molecule has 0 bridgehead atoms. The number of rotatable bonds is 81. The van der Waals surface area contributed by atoms with Crippen molar-refractivity contribution in [3.63, 3.8) is 0 Å². The van der Waals surface area contributed by atoms with Gasteiger partial charge in [-0.2, -0.15) is 0 Å². The molecule has 0 rings (SSSR count). The molecule has 0 radical (unpaired) electrons. The Balaban J connectivity index is -0.00000183. The maximum absolute atomic E-state index is 13.5. The molecule has 0 N–H and O–H groups in total. The predicted octanol–water partition coefficient (Wildman–Crippen LogP) is 31.0. The van der Waals surface area contributed by atoms with E-state index in [9.17, 15) is 38.4 Å². The Kier molecular flexibility index (Phi) is 88.2. The third kappa shape index (κ3) is 78.7. The molecule has 0 aliphatic heterocycles. The van der Waals surface area contributed by atoms with Gasteiger partial charge >= 0.3 is 856 Å². The normalized spacial score (nSPS) is 14.7. The molecule has 8 atom stereocenters. The van der Waals surface area contributed by atoms with Crippen LogP contribution in [0.4, 0.5) is 0 Å². The zero-order valence-corrected chi connectivity index (χ0v) is 101. The first-order valence-corrected chi connectivity index (χ1v) is 74.1. The van der Waals surface area contributed by atoms with Gasteiger partial charge in [0.05, 0.1) is 0 Å². The summed E-state index contributed by atoms with van der Waals surface area (Å²) in [6, 6.07) is 0. The number of hydrogen-bond acceptors (Lipinski definition) is 24. The first kappa shape index (κ1) is 133. The second-order valence-electron chi connectivity index (χ2n) is 40.3. The zero-order valence-electron chi connectivity index (χ0n) is 85.2. The van der Waals surface area contributed by atoms with E-state index in [1.165, 1.54) is 82.0 Å². The molecule has 0 aromatic carbocycles. The van der Waals surface area contributed by atoms with Crippen LogP contribution in [-0.2, 0) is 62.9 Å². The third-order valence-corrected chi connectivity index (χ3v) is 48.5. The van der Waals surface area contributed by atoms with Crippen LogP contribution in [-0.4, -0.2) is 148 Å². The van der Waals surface area contributed by atoms with Crippen LogP contribution in [0.2, 0.25) is 18.2 Å². The van der Waals surface area contributed by atoms with Gasteiger partial charge in [0.15, 0.2) is 0 Å². The van der Waals surface area contributed by atoms with Crippen molar-refractivity contribution in [2.24, 2.45) is 47.3 Å². The average molecular weight is 2280 g/mol. The SMILES string of the molecule is CC(C)CCCCCC(S)C(=O)[O][Sn]([CH3])([O]C(=O)C(S)CCCCCC(C)C)[O]C(=O)C(S)CCCCCC(C)C.CCCCCCC[CH2][Sn]([CH2]CCCCCCC)([O]C(=O)C(S)CCCCCC(C)C)[O]C(=O)C(S)CCCCCC(C)C.CCC[CH2][Sn]([O]C(=O)C(S)CCCCCC(C)C)([O]C(=O)C(S)CCCCCC(C)C)[O]C(=O)C(S)CCCCCC(C)C. The van der Waals surface area contributed by atoms with Gasteiger partial charge in [0.2, 0.25) is 0 Å². The van der Waals surface area contributed by atoms with Crippen molar-refractivity contribution >= 4 is 207 Å². The molecule has 0 aliphatic carbocycles. The molecule has 0 saturated heterocycles. The van der Waals surface area contributed by atoms with Gasteiger partial charge in [-0.05, 0) is 0 Å². The van der Waals surface area contributed by atoms with Gasteiger partial charge in [0.1, 0.15) is 0 Å². The summed E-state index contributed by atoms with van der Waals surface area (Å²) < 4.78 is 49.9. The van der Waals surface area contributed by atoms with E-state index < -0.39 is 136 Å². The van der Waals surface area contributed by atoms with E-state index in [-0.39, 0.29) is 16.4 Å². The number of unbranched alkanes of at least 4 members (excludes halogenated alkanes) is 27. The molecule has 0 fully saturated rings. The third-order valence-electron chi connectivity index (χ3n) is 23.1. The average Bonchev–Trinajstić information content (AvgIpc) is 0.883. The topological polar surface area (TPSA) is 210 Å². The van der Waals surface area contributed by atoms with E-state index in [1.54, 1.807) is 0 Å². The summed E-state index contributed by atoms with van der Waals surface area (Å²) >= 11 is 22.2. The monoisotopic (exact) mass is 2280 g/mol. The van der Waals surface area contributed by atoms with Crippen LogP contribution >= 0.6 is 101 Å². The summed E-state index contributed by atoms with van der Waals surface area (Å²) in [4.78, 5) is 107. The van der Waals surface area contributed by atoms with Gasteiger partial charge in [-0.3, -0.25) is 0 Å². The molecule has 16 nitrogen and oxygen atoms in total. The molecule has 0 aliphatic rings. The minimum atomic E-state index is -5.08. The Morgan fingerprint density at radius 3 is 0.516 bits per heavy atom. The molecule has 0 saturated carbocycles. The van der Waals surface area contributed by atoms with Crippen molar-refractivity contribution in [3.05, 3.63) is 0 Å². The quantitative estimate of drug-likeness (QED) is 0.0162. The first-order valence-electron chi connectivity index (χ1n) is 51.7. The number of carbonyl (C=O) groups is 8. The Morgan fingerprint density at radius 1 is 0.188 bits per heavy atom. The van der Waals surface area contributed by atoms with Crippen LogP contribution in [0.25, 0.3) is 0 Å². The van der Waals surface area contributed by atoms with Crippen LogP contribution in [0.3, 0.4) is 0 Å². The molecule has 128 heavy (non-hydrogen) atoms. The standard InChI is InChI=1S/8C10H20O2S.2C8H17.C4H9.CH3.3Sn/c8*1-8(2)6-4-3-5-7-9(13)10(11)12;2*1-3-5-7-8-6-4-2;1-3-4-2;;;;/h8*8-9,13H,3-7H2,1-2H3,(H,11,12);2*1,3-8H2,2H3;1,3-4H2,2H3;1H3;;;/q;;;;;;;;;;;;+2;2*+3/p-8. The van der Waals surface area contributed by atoms with Crippen molar-refractivity contribution in [2.75, 3.05) is 0 Å². The van der Waals surface area contributed by atoms with E-state index in [2.05, 4.69) is 200 Å². The summed E-state index contributed by atoms with van der Waals surface area (Å²) in [6.45, 7) is 41.9. The molecule has 0 spiro atoms. The second-order valence-corrected chi connectivity index (χ2v) is 68.3. The number of thiol groups is 8. The zero-order chi connectivity index (χ0) is 97.3. The van der Waals surface area contributed by atoms with Crippen LogP contribution in [0.15, 0.2) is 0 Å². The number of carbonyl (C=O) groups excluding carboxylic acids is 8. The summed E-state index contributed by atoms with van der Waals surface area (Å²) in [5.41, 5.74) is 0. The van der Waals surface area contributed by atoms with Crippen LogP contribution in [0.5, 0.6) is 0 Å². The van der Waals surface area contributed by atoms with E-state index >= 15 is 0 Å². The van der Waals surface area contributed by atoms with Gasteiger partial charge in [0.25, 0.3) is 0 Å². The molecule has 0 heterocycles. The van der Waals surface area contributed by atoms with Crippen LogP contribution < -0.4 is 0 Å². The fraction of sp³-hybridized carbons (Fsp3) is 0.921. The van der Waals surface area contributed by atoms with Crippen LogP contribution in [0, 0.1) is 47.3 Å². The van der Waals surface area contributed by atoms with Crippen molar-refractivity contribution in [1.82, 2.24) is 0 Å². The van der Waals surface area contributed by atoms with Gasteiger partial charge in [-0.25, -0.2) is 0 Å². The molecule has 0 aromatic heterocycles. The molecule has 0 amide bonds. The van der Waals surface area contributed by atoms with Gasteiger partial charge in [0, 0.05) is 0 Å². The second kappa shape index (κ2) is 84.8. The Morgan fingerprint density at radius 2 is 0.336 bits per heavy atom. The maximum atomic E-state index is 13.5. The van der Waals surface area contributed by atoms with Crippen molar-refractivity contribution in [1.29, 1.82) is 0 Å². The summed E-state index contributed by atoms with van der Waals surface area (Å²) in [5, 5.41) is -4.96. The molecule has 0 aromatic rings. The van der Waals surface area contributed by atoms with Crippen LogP contribution in [0.1, 0.15) is 478 Å². The number of hydrogen-bond donors (Lipinski definition) is 8. The van der Waals surface area contributed by atoms with Gasteiger partial charge in [-0.15, -0.1) is 0 Å². The van der Waals surface area contributed by atoms with E-state index in [0.29, 0.717) is 92.3 Å². The summed E-state index contributed by atoms with van der Waals surface area (Å²) in [5.74, 6) is 1.28. The van der Waals surface area contributed by atoms with Crippen molar-refractivity contribution in [3.8, 4) is 0 Å². The van der Waals surface area contributed by atoms with Crippen molar-refractivity contribution < 1.29 is 62.9 Å². The molecule has 8 unspecified atom stereocenters. The minimum absolute atomic E-state index is 0.243.